The van der Waals surface area contributed by atoms with Crippen LogP contribution >= 0.6 is 0 Å². The Kier molecular flexibility index (Phi) is 29.0. The van der Waals surface area contributed by atoms with Crippen molar-refractivity contribution in [1.82, 2.24) is 0 Å². The average molecular weight is 531 g/mol. The number of hydrogen-bond donors (Lipinski definition) is 0. The van der Waals surface area contributed by atoms with Crippen LogP contribution in [-0.2, 0) is 17.1 Å². The molecular formula is C20H57F3O4Si4. The zero-order valence-electron chi connectivity index (χ0n) is 18.9. The summed E-state index contributed by atoms with van der Waals surface area (Å²) in [6.07, 6.45) is 2.07. The van der Waals surface area contributed by atoms with E-state index < -0.39 is 40.4 Å². The van der Waals surface area contributed by atoms with Crippen LogP contribution in [-0.4, -0.2) is 53.6 Å². The molecule has 0 heterocycles. The number of hydrogen-bond acceptors (Lipinski definition) is 4. The van der Waals surface area contributed by atoms with Gasteiger partial charge in [0.05, 0.1) is 0 Å². The standard InChI is InChI=1S/C15H40O4Si4.CHF3.4CH4/c1-11-13-16-14-12-15-23(10,18-21(5,6)7)19-22(8,9)17-20(2,3)4;2-1(3)4;;;;/h11-15H2,1-10H3;1H;4*1H4. The second-order valence-electron chi connectivity index (χ2n) is 9.03. The van der Waals surface area contributed by atoms with Gasteiger partial charge in [0.25, 0.3) is 0 Å². The molecule has 11 heteroatoms. The van der Waals surface area contributed by atoms with Crippen molar-refractivity contribution in [3.8, 4) is 0 Å². The molecule has 4 nitrogen and oxygen atoms in total. The molecule has 0 aromatic heterocycles. The van der Waals surface area contributed by atoms with Crippen LogP contribution in [0, 0.1) is 0 Å². The van der Waals surface area contributed by atoms with Gasteiger partial charge in [-0.15, -0.1) is 0 Å². The quantitative estimate of drug-likeness (QED) is 0.186. The van der Waals surface area contributed by atoms with E-state index in [-0.39, 0.29) is 29.7 Å². The molecular weight excluding hydrogens is 474 g/mol. The van der Waals surface area contributed by atoms with Gasteiger partial charge >= 0.3 is 23.8 Å². The highest BCUT2D eigenvalue weighted by Gasteiger charge is 2.44. The van der Waals surface area contributed by atoms with Crippen LogP contribution in [0.5, 0.6) is 0 Å². The van der Waals surface area contributed by atoms with E-state index in [4.69, 9.17) is 17.1 Å². The third-order valence-corrected chi connectivity index (χ3v) is 16.4. The maximum absolute atomic E-state index is 9.67. The number of alkyl halides is 3. The average Bonchev–Trinajstić information content (AvgIpc) is 2.30. The fourth-order valence-electron chi connectivity index (χ4n) is 2.79. The summed E-state index contributed by atoms with van der Waals surface area (Å²) in [5.74, 6) is 0. The minimum Gasteiger partial charge on any atom is -0.437 e. The van der Waals surface area contributed by atoms with Gasteiger partial charge < -0.3 is 17.1 Å². The smallest absolute Gasteiger partial charge is 0.379 e. The molecule has 1 unspecified atom stereocenters. The van der Waals surface area contributed by atoms with Crippen molar-refractivity contribution in [2.24, 2.45) is 0 Å². The van der Waals surface area contributed by atoms with E-state index in [2.05, 4.69) is 65.8 Å². The molecule has 0 aliphatic heterocycles. The van der Waals surface area contributed by atoms with Gasteiger partial charge in [0, 0.05) is 13.2 Å². The molecule has 198 valence electrons. The van der Waals surface area contributed by atoms with E-state index in [0.717, 1.165) is 32.1 Å². The Hall–Kier alpha value is 0.498. The fraction of sp³-hybridized carbons (Fsp3) is 1.00. The van der Waals surface area contributed by atoms with E-state index in [1.807, 2.05) is 0 Å². The topological polar surface area (TPSA) is 36.9 Å². The molecule has 0 aliphatic carbocycles. The van der Waals surface area contributed by atoms with Gasteiger partial charge in [0.2, 0.25) is 0 Å². The van der Waals surface area contributed by atoms with Gasteiger partial charge in [0.15, 0.2) is 16.6 Å². The summed E-state index contributed by atoms with van der Waals surface area (Å²) in [5.41, 5.74) is 0. The molecule has 0 N–H and O–H groups in total. The lowest BCUT2D eigenvalue weighted by atomic mass is 10.5. The molecule has 0 fully saturated rings. The number of ether oxygens (including phenoxy) is 1. The van der Waals surface area contributed by atoms with E-state index in [0.29, 0.717) is 0 Å². The molecule has 1 atom stereocenters. The summed E-state index contributed by atoms with van der Waals surface area (Å²) in [6.45, 7) is 20.0. The van der Waals surface area contributed by atoms with Crippen molar-refractivity contribution in [2.45, 2.75) is 121 Å². The van der Waals surface area contributed by atoms with Gasteiger partial charge in [-0.05, 0) is 77.8 Å². The lowest BCUT2D eigenvalue weighted by molar-refractivity contribution is 0.00818. The van der Waals surface area contributed by atoms with E-state index in [1.165, 1.54) is 0 Å². The Balaban J connectivity index is -0.000000179. The monoisotopic (exact) mass is 530 g/mol. The Morgan fingerprint density at radius 1 is 0.645 bits per heavy atom. The Labute approximate surface area is 198 Å². The molecule has 0 radical (unpaired) electrons. The molecule has 0 amide bonds. The summed E-state index contributed by atoms with van der Waals surface area (Å²) in [4.78, 5) is 0. The highest BCUT2D eigenvalue weighted by molar-refractivity contribution is 6.89. The molecule has 0 bridgehead atoms. The first kappa shape index (κ1) is 45.1. The fourth-order valence-corrected chi connectivity index (χ4v) is 20.7. The van der Waals surface area contributed by atoms with E-state index in [9.17, 15) is 13.2 Å². The van der Waals surface area contributed by atoms with Crippen LogP contribution in [0.25, 0.3) is 0 Å². The third kappa shape index (κ3) is 35.3. The summed E-state index contributed by atoms with van der Waals surface area (Å²) in [5, 5.41) is 0. The van der Waals surface area contributed by atoms with Gasteiger partial charge in [0.1, 0.15) is 0 Å². The van der Waals surface area contributed by atoms with E-state index >= 15 is 0 Å². The van der Waals surface area contributed by atoms with Crippen molar-refractivity contribution in [3.05, 3.63) is 0 Å². The zero-order chi connectivity index (χ0) is 21.9. The highest BCUT2D eigenvalue weighted by Crippen LogP contribution is 2.27. The molecule has 0 saturated carbocycles. The minimum absolute atomic E-state index is 0. The predicted octanol–water partition coefficient (Wildman–Crippen LogP) is 9.02. The maximum Gasteiger partial charge on any atom is 0.379 e. The predicted molar refractivity (Wildman–Crippen MR) is 144 cm³/mol. The van der Waals surface area contributed by atoms with Crippen LogP contribution in [0.3, 0.4) is 0 Å². The summed E-state index contributed by atoms with van der Waals surface area (Å²) < 4.78 is 54.2. The number of halogens is 3. The van der Waals surface area contributed by atoms with Gasteiger partial charge in [-0.2, -0.15) is 13.2 Å². The van der Waals surface area contributed by atoms with E-state index in [1.54, 1.807) is 0 Å². The van der Waals surface area contributed by atoms with Gasteiger partial charge in [-0.25, -0.2) is 0 Å². The summed E-state index contributed by atoms with van der Waals surface area (Å²) in [6, 6.07) is 0.979. The number of rotatable bonds is 12. The second-order valence-corrected chi connectivity index (χ2v) is 25.5. The first-order valence-corrected chi connectivity index (χ1v) is 21.7. The molecule has 0 aliphatic rings. The van der Waals surface area contributed by atoms with Crippen molar-refractivity contribution in [3.63, 3.8) is 0 Å². The van der Waals surface area contributed by atoms with Crippen LogP contribution in [0.2, 0.25) is 65.0 Å². The molecule has 0 aromatic carbocycles. The lowest BCUT2D eigenvalue weighted by Crippen LogP contribution is -2.56. The van der Waals surface area contributed by atoms with Gasteiger partial charge in [-0.3, -0.25) is 0 Å². The molecule has 0 rings (SSSR count). The third-order valence-electron chi connectivity index (χ3n) is 2.80. The molecule has 31 heavy (non-hydrogen) atoms. The Morgan fingerprint density at radius 2 is 1.03 bits per heavy atom. The Morgan fingerprint density at radius 3 is 1.35 bits per heavy atom. The normalized spacial score (nSPS) is 13.4. The van der Waals surface area contributed by atoms with Crippen LogP contribution in [0.1, 0.15) is 49.5 Å². The molecule has 0 aromatic rings. The largest absolute Gasteiger partial charge is 0.437 e. The second kappa shape index (κ2) is 19.9. The zero-order valence-corrected chi connectivity index (χ0v) is 22.9. The van der Waals surface area contributed by atoms with Crippen molar-refractivity contribution in [1.29, 1.82) is 0 Å². The Bertz CT molecular complexity index is 391. The first-order valence-electron chi connectivity index (χ1n) is 9.52. The first-order chi connectivity index (χ1) is 11.9. The molecule has 0 saturated heterocycles. The SMILES string of the molecule is C.C.C.C.CCCOCCC[Si](C)(O[Si](C)(C)C)O[Si](C)(C)O[Si](C)(C)C.FC(F)F. The maximum atomic E-state index is 9.67. The van der Waals surface area contributed by atoms with Crippen LogP contribution < -0.4 is 0 Å². The highest BCUT2D eigenvalue weighted by atomic mass is 28.5. The van der Waals surface area contributed by atoms with Crippen LogP contribution in [0.4, 0.5) is 13.2 Å². The minimum atomic E-state index is -3.67. The summed E-state index contributed by atoms with van der Waals surface area (Å²) in [7, 11) is -7.67. The van der Waals surface area contributed by atoms with Gasteiger partial charge in [-0.1, -0.05) is 36.6 Å². The van der Waals surface area contributed by atoms with Crippen molar-refractivity contribution in [2.75, 3.05) is 13.2 Å². The van der Waals surface area contributed by atoms with Crippen molar-refractivity contribution < 1.29 is 30.3 Å². The van der Waals surface area contributed by atoms with Crippen molar-refractivity contribution >= 4 is 33.8 Å². The lowest BCUT2D eigenvalue weighted by Gasteiger charge is -2.41. The molecule has 0 spiro atoms. The van der Waals surface area contributed by atoms with Crippen LogP contribution in [0.15, 0.2) is 0 Å². The summed E-state index contributed by atoms with van der Waals surface area (Å²) >= 11 is 0.